The van der Waals surface area contributed by atoms with Gasteiger partial charge in [0.1, 0.15) is 0 Å². The first-order valence-corrected chi connectivity index (χ1v) is 11.8. The van der Waals surface area contributed by atoms with Crippen LogP contribution in [0.15, 0.2) is 0 Å². The summed E-state index contributed by atoms with van der Waals surface area (Å²) in [5.41, 5.74) is 4.31. The Bertz CT molecular complexity index is 745. The van der Waals surface area contributed by atoms with Crippen LogP contribution in [0.25, 0.3) is 0 Å². The van der Waals surface area contributed by atoms with Crippen molar-refractivity contribution in [2.45, 2.75) is 115 Å². The Labute approximate surface area is 197 Å². The number of hydrogen-bond acceptors (Lipinski definition) is 11. The second-order valence-electron chi connectivity index (χ2n) is 12.1. The van der Waals surface area contributed by atoms with Crippen molar-refractivity contribution >= 4 is 17.8 Å². The summed E-state index contributed by atoms with van der Waals surface area (Å²) in [5, 5.41) is 31.1. The molecule has 11 heteroatoms. The van der Waals surface area contributed by atoms with Gasteiger partial charge in [0.05, 0.1) is 0 Å². The number of aromatic nitrogens is 3. The van der Waals surface area contributed by atoms with Crippen molar-refractivity contribution in [3.8, 4) is 0 Å². The fourth-order valence-electron chi connectivity index (χ4n) is 5.78. The number of nitrogens with one attached hydrogen (secondary N) is 4. The fraction of sp³-hybridized carbons (Fsp3) is 0.864. The molecule has 1 aromatic heterocycles. The zero-order valence-electron chi connectivity index (χ0n) is 21.6. The summed E-state index contributed by atoms with van der Waals surface area (Å²) < 4.78 is 0. The molecule has 0 bridgehead atoms. The minimum absolute atomic E-state index is 0.0894. The molecular weight excluding hydrogens is 422 g/mol. The van der Waals surface area contributed by atoms with E-state index in [1.807, 2.05) is 55.4 Å². The molecule has 3 heterocycles. The molecule has 0 aliphatic carbocycles. The van der Waals surface area contributed by atoms with E-state index in [4.69, 9.17) is 0 Å². The quantitative estimate of drug-likeness (QED) is 0.346. The van der Waals surface area contributed by atoms with Crippen LogP contribution in [-0.2, 0) is 0 Å². The first kappa shape index (κ1) is 25.8. The second kappa shape index (κ2) is 8.77. The van der Waals surface area contributed by atoms with Crippen molar-refractivity contribution < 1.29 is 10.4 Å². The molecule has 0 spiro atoms. The number of piperidine rings is 2. The van der Waals surface area contributed by atoms with E-state index < -0.39 is 0 Å². The standard InChI is InChI=1S/C22H43N9O2/c1-19(2)10-14(11-20(3,4)30(19)32)24-16-26-17(28-18(27-16)29-23-9)25-15-12-21(5,6)31(33)22(7,8)13-15/h14-15,23,32-33H,10-13H2,1-9H3,(H3,24,25,26,27,28,29). The highest BCUT2D eigenvalue weighted by molar-refractivity contribution is 5.43. The summed E-state index contributed by atoms with van der Waals surface area (Å²) in [6, 6.07) is 0.179. The lowest BCUT2D eigenvalue weighted by Crippen LogP contribution is -2.61. The predicted octanol–water partition coefficient (Wildman–Crippen LogP) is 3.06. The Morgan fingerprint density at radius 2 is 0.939 bits per heavy atom. The third-order valence-electron chi connectivity index (χ3n) is 6.82. The minimum Gasteiger partial charge on any atom is -0.351 e. The maximum Gasteiger partial charge on any atom is 0.243 e. The van der Waals surface area contributed by atoms with Crippen LogP contribution in [0.1, 0.15) is 81.1 Å². The molecule has 6 N–H and O–H groups in total. The van der Waals surface area contributed by atoms with Gasteiger partial charge in [0.15, 0.2) is 0 Å². The zero-order valence-corrected chi connectivity index (χ0v) is 21.6. The lowest BCUT2D eigenvalue weighted by molar-refractivity contribution is -0.243. The predicted molar refractivity (Wildman–Crippen MR) is 129 cm³/mol. The van der Waals surface area contributed by atoms with Crippen molar-refractivity contribution in [2.75, 3.05) is 23.1 Å². The van der Waals surface area contributed by atoms with Crippen molar-refractivity contribution in [3.05, 3.63) is 0 Å². The molecular formula is C22H43N9O2. The molecule has 0 radical (unpaired) electrons. The van der Waals surface area contributed by atoms with Gasteiger partial charge in [-0.15, -0.1) is 0 Å². The summed E-state index contributed by atoms with van der Waals surface area (Å²) in [6.07, 6.45) is 2.97. The Morgan fingerprint density at radius 1 is 0.636 bits per heavy atom. The van der Waals surface area contributed by atoms with Crippen LogP contribution < -0.4 is 21.5 Å². The van der Waals surface area contributed by atoms with E-state index in [0.717, 1.165) is 25.7 Å². The van der Waals surface area contributed by atoms with Crippen LogP contribution in [-0.4, -0.2) is 76.8 Å². The smallest absolute Gasteiger partial charge is 0.243 e. The van der Waals surface area contributed by atoms with Crippen LogP contribution in [0.5, 0.6) is 0 Å². The van der Waals surface area contributed by atoms with Gasteiger partial charge in [0.2, 0.25) is 17.8 Å². The molecule has 2 saturated heterocycles. The molecule has 0 unspecified atom stereocenters. The lowest BCUT2D eigenvalue weighted by atomic mass is 9.79. The second-order valence-corrected chi connectivity index (χ2v) is 12.1. The topological polar surface area (TPSA) is 134 Å². The third-order valence-corrected chi connectivity index (χ3v) is 6.82. The highest BCUT2D eigenvalue weighted by Crippen LogP contribution is 2.39. The molecule has 33 heavy (non-hydrogen) atoms. The molecule has 188 valence electrons. The first-order chi connectivity index (χ1) is 15.1. The minimum atomic E-state index is -0.380. The van der Waals surface area contributed by atoms with Gasteiger partial charge in [-0.2, -0.15) is 25.1 Å². The van der Waals surface area contributed by atoms with E-state index >= 15 is 0 Å². The normalized spacial score (nSPS) is 25.5. The maximum atomic E-state index is 10.6. The van der Waals surface area contributed by atoms with Crippen molar-refractivity contribution in [1.82, 2.24) is 30.5 Å². The molecule has 1 aromatic rings. The summed E-state index contributed by atoms with van der Waals surface area (Å²) in [6.45, 7) is 16.3. The fourth-order valence-corrected chi connectivity index (χ4v) is 5.78. The summed E-state index contributed by atoms with van der Waals surface area (Å²) in [7, 11) is 1.76. The van der Waals surface area contributed by atoms with Gasteiger partial charge in [-0.25, -0.2) is 5.43 Å². The molecule has 0 amide bonds. The van der Waals surface area contributed by atoms with Gasteiger partial charge in [0.25, 0.3) is 0 Å². The molecule has 0 aromatic carbocycles. The van der Waals surface area contributed by atoms with Crippen LogP contribution in [0.4, 0.5) is 17.8 Å². The Kier molecular flexibility index (Phi) is 6.86. The number of hydroxylamine groups is 4. The molecule has 2 aliphatic heterocycles. The van der Waals surface area contributed by atoms with Crippen LogP contribution in [0.2, 0.25) is 0 Å². The van der Waals surface area contributed by atoms with E-state index in [-0.39, 0.29) is 34.2 Å². The van der Waals surface area contributed by atoms with Crippen LogP contribution in [0, 0.1) is 0 Å². The number of hydrogen-bond donors (Lipinski definition) is 6. The average Bonchev–Trinajstić information content (AvgIpc) is 2.63. The summed E-state index contributed by atoms with van der Waals surface area (Å²) in [5.74, 6) is 1.37. The Morgan fingerprint density at radius 3 is 1.24 bits per heavy atom. The molecule has 2 fully saturated rings. The maximum absolute atomic E-state index is 10.6. The van der Waals surface area contributed by atoms with Gasteiger partial charge in [-0.05, 0) is 81.1 Å². The van der Waals surface area contributed by atoms with E-state index in [0.29, 0.717) is 17.8 Å². The van der Waals surface area contributed by atoms with Crippen molar-refractivity contribution in [3.63, 3.8) is 0 Å². The highest BCUT2D eigenvalue weighted by Gasteiger charge is 2.46. The molecule has 2 aliphatic rings. The number of nitrogens with zero attached hydrogens (tertiary/aromatic N) is 5. The Balaban J connectivity index is 1.82. The molecule has 0 saturated carbocycles. The average molecular weight is 466 g/mol. The largest absolute Gasteiger partial charge is 0.351 e. The highest BCUT2D eigenvalue weighted by atomic mass is 16.5. The van der Waals surface area contributed by atoms with Gasteiger partial charge < -0.3 is 21.0 Å². The van der Waals surface area contributed by atoms with Crippen molar-refractivity contribution in [2.24, 2.45) is 0 Å². The summed E-state index contributed by atoms with van der Waals surface area (Å²) >= 11 is 0. The van der Waals surface area contributed by atoms with Gasteiger partial charge in [0, 0.05) is 41.3 Å². The lowest BCUT2D eigenvalue weighted by Gasteiger charge is -2.51. The van der Waals surface area contributed by atoms with Gasteiger partial charge in [-0.3, -0.25) is 5.43 Å². The van der Waals surface area contributed by atoms with Crippen LogP contribution in [0.3, 0.4) is 0 Å². The van der Waals surface area contributed by atoms with Crippen LogP contribution >= 0.6 is 0 Å². The van der Waals surface area contributed by atoms with Gasteiger partial charge in [-0.1, -0.05) is 0 Å². The number of hydrazine groups is 1. The van der Waals surface area contributed by atoms with E-state index in [1.165, 1.54) is 10.1 Å². The van der Waals surface area contributed by atoms with E-state index in [2.05, 4.69) is 36.4 Å². The molecule has 0 atom stereocenters. The zero-order chi connectivity index (χ0) is 24.8. The third kappa shape index (κ3) is 5.65. The summed E-state index contributed by atoms with van der Waals surface area (Å²) in [4.78, 5) is 13.7. The SMILES string of the molecule is CNNc1nc(NC2CC(C)(C)N(O)C(C)(C)C2)nc(NC2CC(C)(C)N(O)C(C)(C)C2)n1. The molecule has 11 nitrogen and oxygen atoms in total. The van der Waals surface area contributed by atoms with E-state index in [1.54, 1.807) is 7.05 Å². The van der Waals surface area contributed by atoms with E-state index in [9.17, 15) is 10.4 Å². The number of anilines is 3. The first-order valence-electron chi connectivity index (χ1n) is 11.8. The molecule has 3 rings (SSSR count). The monoisotopic (exact) mass is 465 g/mol. The van der Waals surface area contributed by atoms with Gasteiger partial charge >= 0.3 is 0 Å². The number of rotatable bonds is 6. The Hall–Kier alpha value is -1.79. The van der Waals surface area contributed by atoms with Crippen molar-refractivity contribution in [1.29, 1.82) is 0 Å².